The second kappa shape index (κ2) is 8.36. The second-order valence-corrected chi connectivity index (χ2v) is 5.71. The number of carbonyl (C=O) groups excluding carboxylic acids is 1. The van der Waals surface area contributed by atoms with Crippen molar-refractivity contribution in [1.29, 1.82) is 0 Å². The lowest BCUT2D eigenvalue weighted by molar-refractivity contribution is 0.0925. The molecule has 1 unspecified atom stereocenters. The fraction of sp³-hybridized carbons (Fsp3) is 0.444. The molecule has 1 heterocycles. The van der Waals surface area contributed by atoms with Crippen LogP contribution in [0.2, 0.25) is 0 Å². The summed E-state index contributed by atoms with van der Waals surface area (Å²) in [5, 5.41) is 7.19. The molecule has 1 aromatic heterocycles. The maximum Gasteiger partial charge on any atom is 0.269 e. The number of methoxy groups -OCH3 is 1. The van der Waals surface area contributed by atoms with Crippen molar-refractivity contribution in [3.63, 3.8) is 0 Å². The molecular weight excluding hydrogens is 290 g/mol. The fourth-order valence-corrected chi connectivity index (χ4v) is 2.62. The van der Waals surface area contributed by atoms with Crippen molar-refractivity contribution in [3.8, 4) is 5.75 Å². The minimum absolute atomic E-state index is 0.0750. The van der Waals surface area contributed by atoms with Crippen LogP contribution in [0.4, 0.5) is 0 Å². The van der Waals surface area contributed by atoms with Gasteiger partial charge in [0.25, 0.3) is 5.91 Å². The normalized spacial score (nSPS) is 12.0. The molecule has 0 bridgehead atoms. The minimum atomic E-state index is -0.0750. The summed E-state index contributed by atoms with van der Waals surface area (Å²) in [6.07, 6.45) is 5.58. The molecule has 1 aromatic carbocycles. The largest absolute Gasteiger partial charge is 0.497 e. The predicted molar refractivity (Wildman–Crippen MR) is 90.7 cm³/mol. The summed E-state index contributed by atoms with van der Waals surface area (Å²) in [4.78, 5) is 12.4. The second-order valence-electron chi connectivity index (χ2n) is 5.71. The van der Waals surface area contributed by atoms with E-state index in [0.717, 1.165) is 37.0 Å². The van der Waals surface area contributed by atoms with Crippen LogP contribution in [0.3, 0.4) is 0 Å². The van der Waals surface area contributed by atoms with Gasteiger partial charge < -0.3 is 10.1 Å². The number of aromatic nitrogens is 2. The van der Waals surface area contributed by atoms with Crippen LogP contribution in [0, 0.1) is 0 Å². The van der Waals surface area contributed by atoms with Crippen LogP contribution in [0.1, 0.15) is 42.2 Å². The molecule has 5 nitrogen and oxygen atoms in total. The van der Waals surface area contributed by atoms with Gasteiger partial charge in [0, 0.05) is 19.3 Å². The number of nitrogens with zero attached hydrogens (tertiary/aromatic N) is 2. The van der Waals surface area contributed by atoms with Crippen LogP contribution in [-0.2, 0) is 13.5 Å². The Bertz CT molecular complexity index is 637. The van der Waals surface area contributed by atoms with E-state index in [2.05, 4.69) is 23.4 Å². The summed E-state index contributed by atoms with van der Waals surface area (Å²) in [6, 6.07) is 9.83. The first-order chi connectivity index (χ1) is 11.1. The molecule has 2 aromatic rings. The molecule has 1 atom stereocenters. The molecule has 0 fully saturated rings. The van der Waals surface area contributed by atoms with E-state index in [9.17, 15) is 4.79 Å². The van der Waals surface area contributed by atoms with E-state index in [4.69, 9.17) is 4.74 Å². The topological polar surface area (TPSA) is 56.1 Å². The summed E-state index contributed by atoms with van der Waals surface area (Å²) in [5.41, 5.74) is 1.74. The quantitative estimate of drug-likeness (QED) is 0.815. The molecule has 0 aliphatic carbocycles. The molecule has 1 N–H and O–H groups in total. The van der Waals surface area contributed by atoms with Crippen LogP contribution < -0.4 is 10.1 Å². The van der Waals surface area contributed by atoms with Crippen molar-refractivity contribution in [2.75, 3.05) is 7.11 Å². The highest BCUT2D eigenvalue weighted by atomic mass is 16.5. The molecule has 0 spiro atoms. The molecule has 0 radical (unpaired) electrons. The van der Waals surface area contributed by atoms with Crippen LogP contribution in [0.15, 0.2) is 36.5 Å². The number of nitrogens with one attached hydrogen (secondary N) is 1. The summed E-state index contributed by atoms with van der Waals surface area (Å²) >= 11 is 0. The van der Waals surface area contributed by atoms with Gasteiger partial charge in [-0.15, -0.1) is 0 Å². The molecule has 1 amide bonds. The number of benzene rings is 1. The molecule has 23 heavy (non-hydrogen) atoms. The van der Waals surface area contributed by atoms with Gasteiger partial charge in [0.15, 0.2) is 0 Å². The van der Waals surface area contributed by atoms with E-state index < -0.39 is 0 Å². The highest BCUT2D eigenvalue weighted by Crippen LogP contribution is 2.16. The Hall–Kier alpha value is -2.30. The van der Waals surface area contributed by atoms with Crippen LogP contribution in [0.5, 0.6) is 5.75 Å². The maximum absolute atomic E-state index is 12.4. The van der Waals surface area contributed by atoms with Crippen molar-refractivity contribution in [2.45, 2.75) is 38.6 Å². The van der Waals surface area contributed by atoms with Crippen molar-refractivity contribution < 1.29 is 9.53 Å². The first-order valence-electron chi connectivity index (χ1n) is 8.05. The smallest absolute Gasteiger partial charge is 0.269 e. The number of hydrogen-bond acceptors (Lipinski definition) is 3. The van der Waals surface area contributed by atoms with Crippen molar-refractivity contribution in [2.24, 2.45) is 7.05 Å². The monoisotopic (exact) mass is 315 g/mol. The van der Waals surface area contributed by atoms with Gasteiger partial charge in [-0.2, -0.15) is 5.10 Å². The lowest BCUT2D eigenvalue weighted by Gasteiger charge is -2.19. The average Bonchev–Trinajstić information content (AvgIpc) is 2.99. The number of rotatable bonds is 8. The molecule has 0 aliphatic rings. The van der Waals surface area contributed by atoms with Gasteiger partial charge in [-0.1, -0.05) is 31.9 Å². The van der Waals surface area contributed by atoms with Crippen LogP contribution >= 0.6 is 0 Å². The van der Waals surface area contributed by atoms with Crippen molar-refractivity contribution >= 4 is 5.91 Å². The standard InChI is InChI=1S/C18H25N3O2/c1-4-5-8-15(12-14-7-6-9-16(13-14)23-3)20-18(22)17-10-11-19-21(17)2/h6-7,9-11,13,15H,4-5,8,12H2,1-3H3,(H,20,22). The lowest BCUT2D eigenvalue weighted by Crippen LogP contribution is -2.37. The SMILES string of the molecule is CCCCC(Cc1cccc(OC)c1)NC(=O)c1ccnn1C. The average molecular weight is 315 g/mol. The highest BCUT2D eigenvalue weighted by molar-refractivity contribution is 5.92. The molecule has 5 heteroatoms. The van der Waals surface area contributed by atoms with E-state index in [1.807, 2.05) is 18.2 Å². The molecular formula is C18H25N3O2. The maximum atomic E-state index is 12.4. The molecule has 0 saturated carbocycles. The van der Waals surface area contributed by atoms with Crippen molar-refractivity contribution in [1.82, 2.24) is 15.1 Å². The van der Waals surface area contributed by atoms with Crippen LogP contribution in [-0.4, -0.2) is 28.8 Å². The number of amides is 1. The number of unbranched alkanes of at least 4 members (excludes halogenated alkanes) is 1. The Morgan fingerprint density at radius 3 is 2.87 bits per heavy atom. The van der Waals surface area contributed by atoms with Gasteiger partial charge in [0.05, 0.1) is 7.11 Å². The van der Waals surface area contributed by atoms with E-state index in [0.29, 0.717) is 5.69 Å². The highest BCUT2D eigenvalue weighted by Gasteiger charge is 2.16. The number of aryl methyl sites for hydroxylation is 1. The Kier molecular flexibility index (Phi) is 6.20. The molecule has 2 rings (SSSR count). The molecule has 0 saturated heterocycles. The van der Waals surface area contributed by atoms with E-state index in [1.54, 1.807) is 31.1 Å². The summed E-state index contributed by atoms with van der Waals surface area (Å²) in [6.45, 7) is 2.16. The zero-order valence-corrected chi connectivity index (χ0v) is 14.1. The first kappa shape index (κ1) is 17.1. The van der Waals surface area contributed by atoms with Crippen molar-refractivity contribution in [3.05, 3.63) is 47.8 Å². The van der Waals surface area contributed by atoms with Gasteiger partial charge in [0.1, 0.15) is 11.4 Å². The van der Waals surface area contributed by atoms with Gasteiger partial charge in [-0.05, 0) is 36.6 Å². The van der Waals surface area contributed by atoms with Gasteiger partial charge in [-0.3, -0.25) is 9.48 Å². The zero-order chi connectivity index (χ0) is 16.7. The van der Waals surface area contributed by atoms with Gasteiger partial charge in [0.2, 0.25) is 0 Å². The number of hydrogen-bond donors (Lipinski definition) is 1. The first-order valence-corrected chi connectivity index (χ1v) is 8.05. The summed E-state index contributed by atoms with van der Waals surface area (Å²) < 4.78 is 6.87. The third-order valence-electron chi connectivity index (χ3n) is 3.91. The van der Waals surface area contributed by atoms with Gasteiger partial charge >= 0.3 is 0 Å². The third-order valence-corrected chi connectivity index (χ3v) is 3.91. The Labute approximate surface area is 137 Å². The number of carbonyl (C=O) groups is 1. The van der Waals surface area contributed by atoms with Crippen LogP contribution in [0.25, 0.3) is 0 Å². The Morgan fingerprint density at radius 1 is 1.39 bits per heavy atom. The minimum Gasteiger partial charge on any atom is -0.497 e. The molecule has 124 valence electrons. The van der Waals surface area contributed by atoms with E-state index >= 15 is 0 Å². The van der Waals surface area contributed by atoms with Gasteiger partial charge in [-0.25, -0.2) is 0 Å². The fourth-order valence-electron chi connectivity index (χ4n) is 2.62. The third kappa shape index (κ3) is 4.84. The zero-order valence-electron chi connectivity index (χ0n) is 14.1. The Balaban J connectivity index is 2.06. The van der Waals surface area contributed by atoms with E-state index in [1.165, 1.54) is 0 Å². The predicted octanol–water partition coefficient (Wildman–Crippen LogP) is 2.96. The number of ether oxygens (including phenoxy) is 1. The lowest BCUT2D eigenvalue weighted by atomic mass is 10.0. The summed E-state index contributed by atoms with van der Waals surface area (Å²) in [5.74, 6) is 0.767. The van der Waals surface area contributed by atoms with E-state index in [-0.39, 0.29) is 11.9 Å². The summed E-state index contributed by atoms with van der Waals surface area (Å²) in [7, 11) is 3.44. The Morgan fingerprint density at radius 2 is 2.22 bits per heavy atom. The molecule has 0 aliphatic heterocycles.